The van der Waals surface area contributed by atoms with Gasteiger partial charge in [-0.15, -0.1) is 0 Å². The number of rotatable bonds is 45. The van der Waals surface area contributed by atoms with Gasteiger partial charge in [0.2, 0.25) is 5.91 Å². The Labute approximate surface area is 396 Å². The van der Waals surface area contributed by atoms with E-state index >= 15 is 0 Å². The average Bonchev–Trinajstić information content (AvgIpc) is 3.28. The van der Waals surface area contributed by atoms with Crippen molar-refractivity contribution in [3.63, 3.8) is 0 Å². The quantitative estimate of drug-likeness (QED) is 0.0193. The lowest BCUT2D eigenvalue weighted by Crippen LogP contribution is -2.61. The maximum absolute atomic E-state index is 13.0. The normalized spacial score (nSPS) is 20.4. The molecular weight excluding hydrogens is 847 g/mol. The summed E-state index contributed by atoms with van der Waals surface area (Å²) < 4.78 is 47.6. The number of nitrogens with one attached hydrogen (secondary N) is 1. The van der Waals surface area contributed by atoms with Gasteiger partial charge in [-0.1, -0.05) is 224 Å². The molecule has 0 aromatic carbocycles. The first-order valence-corrected chi connectivity index (χ1v) is 27.7. The summed E-state index contributed by atoms with van der Waals surface area (Å²) >= 11 is 0. The summed E-state index contributed by atoms with van der Waals surface area (Å²) in [6.45, 7) is 3.36. The maximum Gasteiger partial charge on any atom is 0.397 e. The van der Waals surface area contributed by atoms with Crippen LogP contribution in [0.3, 0.4) is 0 Å². The number of ether oxygens (including phenoxy) is 2. The van der Waals surface area contributed by atoms with Crippen LogP contribution in [-0.2, 0) is 28.9 Å². The van der Waals surface area contributed by atoms with Crippen LogP contribution in [0.4, 0.5) is 0 Å². The molecule has 1 amide bonds. The number of aliphatic hydroxyl groups excluding tert-OH is 4. The molecule has 1 heterocycles. The lowest BCUT2D eigenvalue weighted by Gasteiger charge is -2.41. The second-order valence-electron chi connectivity index (χ2n) is 18.5. The third-order valence-electron chi connectivity index (χ3n) is 12.4. The van der Waals surface area contributed by atoms with Crippen LogP contribution in [0, 0.1) is 0 Å². The SMILES string of the molecule is CCCCCCCC/C=C\C/C=C\CCC(=O)NC(COC1OC(CO)C(O)C(OS(=O)(=O)O)C1O)C(O)/C=C/CCCCCCCCCCCCCCCCCCCCCCCCC. The van der Waals surface area contributed by atoms with Crippen molar-refractivity contribution in [1.29, 1.82) is 0 Å². The molecule has 0 aliphatic carbocycles. The van der Waals surface area contributed by atoms with Crippen LogP contribution in [0.15, 0.2) is 36.5 Å². The Bertz CT molecular complexity index is 1300. The second kappa shape index (κ2) is 42.4. The van der Waals surface area contributed by atoms with Crippen LogP contribution in [-0.4, -0.2) is 95.4 Å². The van der Waals surface area contributed by atoms with Crippen molar-refractivity contribution in [2.45, 2.75) is 275 Å². The molecule has 1 aliphatic rings. The van der Waals surface area contributed by atoms with Gasteiger partial charge in [0.05, 0.1) is 25.4 Å². The Morgan fingerprint density at radius 3 is 1.46 bits per heavy atom. The number of carbonyl (C=O) groups excluding carboxylic acids is 1. The minimum atomic E-state index is -5.09. The van der Waals surface area contributed by atoms with Crippen molar-refractivity contribution in [2.75, 3.05) is 13.2 Å². The van der Waals surface area contributed by atoms with E-state index in [-0.39, 0.29) is 18.9 Å². The first-order valence-electron chi connectivity index (χ1n) is 26.4. The summed E-state index contributed by atoms with van der Waals surface area (Å²) in [5, 5.41) is 44.7. The minimum absolute atomic E-state index is 0.163. The molecule has 7 unspecified atom stereocenters. The van der Waals surface area contributed by atoms with Gasteiger partial charge in [0.25, 0.3) is 0 Å². The number of hydrogen-bond acceptors (Lipinski definition) is 10. The number of allylic oxidation sites excluding steroid dienone is 5. The van der Waals surface area contributed by atoms with Crippen molar-refractivity contribution < 1.29 is 51.8 Å². The van der Waals surface area contributed by atoms with E-state index < -0.39 is 59.9 Å². The fourth-order valence-electron chi connectivity index (χ4n) is 8.33. The third kappa shape index (κ3) is 35.1. The number of carbonyl (C=O) groups is 1. The van der Waals surface area contributed by atoms with Crippen LogP contribution in [0.2, 0.25) is 0 Å². The van der Waals surface area contributed by atoms with Crippen molar-refractivity contribution in [1.82, 2.24) is 5.32 Å². The standard InChI is InChI=1S/C52H97NO11S/c1-3-5-7-9-11-13-15-17-18-19-20-21-22-23-24-25-26-27-28-30-31-33-35-37-39-41-46(55)45(44-62-52-50(58)51(64-65(59,60)61)49(57)47(43-54)63-52)53-48(56)42-40-38-36-34-32-29-16-14-12-10-8-6-4-2/h29,32,36,38-39,41,45-47,49-52,54-55,57-58H,3-28,30-31,33-35,37,40,42-44H2,1-2H3,(H,53,56)(H,59,60,61)/b32-29-,38-36-,41-39+. The van der Waals surface area contributed by atoms with Crippen molar-refractivity contribution in [2.24, 2.45) is 0 Å². The predicted molar refractivity (Wildman–Crippen MR) is 264 cm³/mol. The molecule has 1 fully saturated rings. The molecule has 0 aromatic heterocycles. The van der Waals surface area contributed by atoms with Crippen LogP contribution in [0.1, 0.15) is 232 Å². The van der Waals surface area contributed by atoms with E-state index in [2.05, 4.69) is 35.5 Å². The number of aliphatic hydroxyl groups is 4. The lowest BCUT2D eigenvalue weighted by molar-refractivity contribution is -0.298. The minimum Gasteiger partial charge on any atom is -0.394 e. The van der Waals surface area contributed by atoms with Gasteiger partial charge in [0.1, 0.15) is 24.4 Å². The monoisotopic (exact) mass is 944 g/mol. The summed E-state index contributed by atoms with van der Waals surface area (Å²) in [6, 6.07) is -0.974. The zero-order chi connectivity index (χ0) is 47.6. The number of hydrogen-bond donors (Lipinski definition) is 6. The van der Waals surface area contributed by atoms with Gasteiger partial charge in [-0.05, 0) is 38.5 Å². The Morgan fingerprint density at radius 2 is 1.03 bits per heavy atom. The molecule has 6 N–H and O–H groups in total. The van der Waals surface area contributed by atoms with Crippen molar-refractivity contribution in [3.8, 4) is 0 Å². The van der Waals surface area contributed by atoms with Crippen molar-refractivity contribution in [3.05, 3.63) is 36.5 Å². The predicted octanol–water partition coefficient (Wildman–Crippen LogP) is 11.4. The summed E-state index contributed by atoms with van der Waals surface area (Å²) in [6.07, 6.45) is 43.6. The molecule has 1 saturated heterocycles. The molecule has 13 heteroatoms. The van der Waals surface area contributed by atoms with Gasteiger partial charge in [-0.25, -0.2) is 4.18 Å². The van der Waals surface area contributed by atoms with Gasteiger partial charge in [0.15, 0.2) is 6.29 Å². The van der Waals surface area contributed by atoms with E-state index in [0.717, 1.165) is 32.1 Å². The number of amides is 1. The van der Waals surface area contributed by atoms with E-state index in [1.165, 1.54) is 173 Å². The zero-order valence-corrected chi connectivity index (χ0v) is 41.9. The Morgan fingerprint density at radius 1 is 0.615 bits per heavy atom. The molecule has 0 aromatic rings. The molecule has 7 atom stereocenters. The Hall–Kier alpha value is -1.68. The number of unbranched alkanes of at least 4 members (excludes halogenated alkanes) is 29. The van der Waals surface area contributed by atoms with Gasteiger partial charge in [-0.3, -0.25) is 9.35 Å². The van der Waals surface area contributed by atoms with E-state index in [1.54, 1.807) is 6.08 Å². The van der Waals surface area contributed by atoms with E-state index in [9.17, 15) is 38.2 Å². The smallest absolute Gasteiger partial charge is 0.394 e. The van der Waals surface area contributed by atoms with Crippen LogP contribution < -0.4 is 5.32 Å². The van der Waals surface area contributed by atoms with E-state index in [0.29, 0.717) is 6.42 Å². The molecule has 1 rings (SSSR count). The van der Waals surface area contributed by atoms with Crippen LogP contribution in [0.25, 0.3) is 0 Å². The topological polar surface area (TPSA) is 192 Å². The summed E-state index contributed by atoms with van der Waals surface area (Å²) in [5.74, 6) is -0.328. The lowest BCUT2D eigenvalue weighted by atomic mass is 9.99. The molecule has 0 saturated carbocycles. The summed E-state index contributed by atoms with van der Waals surface area (Å²) in [5.41, 5.74) is 0. The zero-order valence-electron chi connectivity index (χ0n) is 41.1. The maximum atomic E-state index is 13.0. The van der Waals surface area contributed by atoms with Gasteiger partial charge >= 0.3 is 10.4 Å². The highest BCUT2D eigenvalue weighted by molar-refractivity contribution is 7.80. The molecule has 65 heavy (non-hydrogen) atoms. The second-order valence-corrected chi connectivity index (χ2v) is 19.5. The summed E-state index contributed by atoms with van der Waals surface area (Å²) in [7, 11) is -5.09. The molecule has 1 aliphatic heterocycles. The highest BCUT2D eigenvalue weighted by atomic mass is 32.3. The Kier molecular flexibility index (Phi) is 40.0. The van der Waals surface area contributed by atoms with Gasteiger partial charge in [-0.2, -0.15) is 8.42 Å². The largest absolute Gasteiger partial charge is 0.397 e. The first kappa shape index (κ1) is 61.3. The van der Waals surface area contributed by atoms with E-state index in [4.69, 9.17) is 9.47 Å². The van der Waals surface area contributed by atoms with Crippen LogP contribution in [0.5, 0.6) is 0 Å². The Balaban J connectivity index is 2.41. The molecule has 382 valence electrons. The average molecular weight is 944 g/mol. The molecule has 0 bridgehead atoms. The fourth-order valence-corrected chi connectivity index (χ4v) is 8.84. The molecular formula is C52H97NO11S. The highest BCUT2D eigenvalue weighted by Crippen LogP contribution is 2.26. The van der Waals surface area contributed by atoms with E-state index in [1.807, 2.05) is 18.2 Å². The van der Waals surface area contributed by atoms with Crippen molar-refractivity contribution >= 4 is 16.3 Å². The van der Waals surface area contributed by atoms with Crippen LogP contribution >= 0.6 is 0 Å². The first-order chi connectivity index (χ1) is 31.5. The molecule has 12 nitrogen and oxygen atoms in total. The highest BCUT2D eigenvalue weighted by Gasteiger charge is 2.48. The molecule has 0 spiro atoms. The van der Waals surface area contributed by atoms with Gasteiger partial charge < -0.3 is 35.2 Å². The summed E-state index contributed by atoms with van der Waals surface area (Å²) in [4.78, 5) is 13.0. The third-order valence-corrected chi connectivity index (χ3v) is 12.9. The van der Waals surface area contributed by atoms with Gasteiger partial charge in [0, 0.05) is 6.42 Å². The molecule has 0 radical (unpaired) electrons. The fraction of sp³-hybridized carbons (Fsp3) is 0.865.